The first kappa shape index (κ1) is 15.9. The third-order valence-corrected chi connectivity index (χ3v) is 10.0. The van der Waals surface area contributed by atoms with Crippen LogP contribution in [0.2, 0.25) is 6.04 Å². The van der Waals surface area contributed by atoms with Gasteiger partial charge in [-0.3, -0.25) is 0 Å². The molecule has 1 aromatic carbocycles. The summed E-state index contributed by atoms with van der Waals surface area (Å²) in [6.45, 7) is 4.77. The number of ether oxygens (including phenoxy) is 1. The Morgan fingerprint density at radius 1 is 1.14 bits per heavy atom. The highest BCUT2D eigenvalue weighted by Crippen LogP contribution is 2.16. The van der Waals surface area contributed by atoms with Crippen molar-refractivity contribution in [2.24, 2.45) is 0 Å². The minimum atomic E-state index is -2.62. The summed E-state index contributed by atoms with van der Waals surface area (Å²) in [7, 11) is -0.330. The van der Waals surface area contributed by atoms with Crippen LogP contribution in [0.25, 0.3) is 0 Å². The van der Waals surface area contributed by atoms with Crippen molar-refractivity contribution in [3.05, 3.63) is 47.8 Å². The minimum Gasteiger partial charge on any atom is -0.423 e. The van der Waals surface area contributed by atoms with Gasteiger partial charge in [-0.1, -0.05) is 36.4 Å². The van der Waals surface area contributed by atoms with E-state index in [1.165, 1.54) is 4.50 Å². The zero-order valence-electron chi connectivity index (χ0n) is 13.1. The molecule has 0 saturated carbocycles. The summed E-state index contributed by atoms with van der Waals surface area (Å²) in [6, 6.07) is 15.3. The van der Waals surface area contributed by atoms with E-state index in [4.69, 9.17) is 4.74 Å². The van der Waals surface area contributed by atoms with Gasteiger partial charge in [0.25, 0.3) is 8.32 Å². The maximum absolute atomic E-state index is 11.6. The van der Waals surface area contributed by atoms with Gasteiger partial charge in [0.2, 0.25) is 0 Å². The van der Waals surface area contributed by atoms with Crippen LogP contribution in [-0.4, -0.2) is 57.5 Å². The number of benzene rings is 1. The fraction of sp³-hybridized carbons (Fsp3) is 0.412. The lowest BCUT2D eigenvalue weighted by molar-refractivity contribution is -0.915. The Morgan fingerprint density at radius 3 is 2.50 bits per heavy atom. The van der Waals surface area contributed by atoms with Gasteiger partial charge in [0.15, 0.2) is 0 Å². The van der Waals surface area contributed by atoms with Crippen LogP contribution in [0.15, 0.2) is 47.8 Å². The molecule has 1 atom stereocenters. The number of morpholine rings is 1. The third kappa shape index (κ3) is 3.34. The lowest BCUT2D eigenvalue weighted by Crippen LogP contribution is -2.61. The highest BCUT2D eigenvalue weighted by molar-refractivity contribution is 7.26. The molecule has 1 unspecified atom stereocenters. The monoisotopic (exact) mass is 334 g/mol. The fourth-order valence-corrected chi connectivity index (χ4v) is 7.98. The number of hydrogen-bond donors (Lipinski definition) is 1. The molecule has 5 heteroatoms. The van der Waals surface area contributed by atoms with Crippen LogP contribution in [-0.2, 0) is 4.74 Å². The smallest absolute Gasteiger partial charge is 0.268 e. The van der Waals surface area contributed by atoms with E-state index in [-0.39, 0.29) is 0 Å². The van der Waals surface area contributed by atoms with Crippen molar-refractivity contribution in [3.8, 4) is 0 Å². The molecule has 0 spiro atoms. The van der Waals surface area contributed by atoms with Crippen LogP contribution < -0.4 is 9.69 Å². The van der Waals surface area contributed by atoms with Gasteiger partial charge in [-0.15, -0.1) is 0 Å². The number of rotatable bonds is 5. The maximum Gasteiger partial charge on any atom is 0.268 e. The van der Waals surface area contributed by atoms with Crippen molar-refractivity contribution in [1.29, 1.82) is 0 Å². The second kappa shape index (κ2) is 6.64. The summed E-state index contributed by atoms with van der Waals surface area (Å²) in [4.78, 5) is 11.6. The largest absolute Gasteiger partial charge is 0.423 e. The molecule has 1 fully saturated rings. The Hall–Kier alpha value is -0.983. The number of likely N-dealkylation sites (N-methyl/N-ethyl adjacent to an activating group) is 1. The Balaban J connectivity index is 1.84. The Morgan fingerprint density at radius 2 is 1.86 bits per heavy atom. The summed E-state index contributed by atoms with van der Waals surface area (Å²) < 4.78 is 7.66. The van der Waals surface area contributed by atoms with Crippen LogP contribution in [0.4, 0.5) is 0 Å². The van der Waals surface area contributed by atoms with Gasteiger partial charge in [-0.2, -0.15) is 11.3 Å². The van der Waals surface area contributed by atoms with E-state index in [1.54, 1.807) is 11.3 Å². The molecule has 0 bridgehead atoms. The fourth-order valence-electron chi connectivity index (χ4n) is 3.08. The van der Waals surface area contributed by atoms with E-state index in [0.717, 1.165) is 48.6 Å². The first-order valence-electron chi connectivity index (χ1n) is 7.86. The predicted molar refractivity (Wildman–Crippen MR) is 94.4 cm³/mol. The van der Waals surface area contributed by atoms with E-state index in [2.05, 4.69) is 30.6 Å². The van der Waals surface area contributed by atoms with Crippen LogP contribution in [0.1, 0.15) is 0 Å². The number of hydrogen-bond acceptors (Lipinski definition) is 3. The quantitative estimate of drug-likeness (QED) is 0.659. The molecule has 0 aliphatic carbocycles. The molecule has 1 N–H and O–H groups in total. The van der Waals surface area contributed by atoms with Crippen molar-refractivity contribution >= 4 is 29.3 Å². The Kier molecular flexibility index (Phi) is 4.80. The van der Waals surface area contributed by atoms with Gasteiger partial charge >= 0.3 is 0 Å². The van der Waals surface area contributed by atoms with Crippen molar-refractivity contribution in [3.63, 3.8) is 0 Å². The van der Waals surface area contributed by atoms with Gasteiger partial charge in [0, 0.05) is 10.5 Å². The molecule has 3 nitrogen and oxygen atoms in total. The average molecular weight is 335 g/mol. The second-order valence-corrected chi connectivity index (χ2v) is 11.0. The molecule has 0 amide bonds. The zero-order valence-corrected chi connectivity index (χ0v) is 14.9. The lowest BCUT2D eigenvalue weighted by atomic mass is 10.3. The molecule has 2 heterocycles. The zero-order chi connectivity index (χ0) is 15.5. The van der Waals surface area contributed by atoms with Gasteiger partial charge < -0.3 is 14.0 Å². The highest BCUT2D eigenvalue weighted by Gasteiger charge is 2.40. The maximum atomic E-state index is 11.6. The first-order chi connectivity index (χ1) is 10.6. The van der Waals surface area contributed by atoms with Gasteiger partial charge in [-0.05, 0) is 16.6 Å². The molecule has 0 radical (unpaired) electrons. The highest BCUT2D eigenvalue weighted by atomic mass is 32.1. The van der Waals surface area contributed by atoms with Crippen molar-refractivity contribution < 1.29 is 14.0 Å². The summed E-state index contributed by atoms with van der Waals surface area (Å²) in [6.07, 6.45) is 0. The normalized spacial score (nSPS) is 20.5. The van der Waals surface area contributed by atoms with Crippen LogP contribution in [0.3, 0.4) is 0 Å². The van der Waals surface area contributed by atoms with E-state index < -0.39 is 8.32 Å². The van der Waals surface area contributed by atoms with Crippen molar-refractivity contribution in [2.75, 3.05) is 39.9 Å². The predicted octanol–water partition coefficient (Wildman–Crippen LogP) is 1.28. The molecule has 118 valence electrons. The molecule has 2 aromatic rings. The van der Waals surface area contributed by atoms with E-state index in [1.807, 2.05) is 24.3 Å². The van der Waals surface area contributed by atoms with Crippen LogP contribution >= 0.6 is 11.3 Å². The van der Waals surface area contributed by atoms with E-state index >= 15 is 0 Å². The molecular formula is C17H24NO2SSi+. The molecular weight excluding hydrogens is 310 g/mol. The minimum absolute atomic E-state index is 0.834. The standard InChI is InChI=1S/C17H24NO2SSi/c1-18(9-12-20-13-10-18)11-15-22(19,17-8-5-14-21-17)16-6-3-2-4-7-16/h2-8,14,19H,9-13,15H2,1H3/q+1. The Bertz CT molecular complexity index is 584. The third-order valence-electron chi connectivity index (χ3n) is 4.74. The van der Waals surface area contributed by atoms with Crippen LogP contribution in [0, 0.1) is 0 Å². The molecule has 22 heavy (non-hydrogen) atoms. The first-order valence-corrected chi connectivity index (χ1v) is 10.9. The molecule has 1 saturated heterocycles. The van der Waals surface area contributed by atoms with E-state index in [9.17, 15) is 4.80 Å². The second-order valence-electron chi connectivity index (χ2n) is 6.36. The van der Waals surface area contributed by atoms with E-state index in [0.29, 0.717) is 0 Å². The molecule has 1 aromatic heterocycles. The Labute approximate surface area is 137 Å². The summed E-state index contributed by atoms with van der Waals surface area (Å²) in [5.74, 6) is 0. The molecule has 1 aliphatic rings. The summed E-state index contributed by atoms with van der Waals surface area (Å²) in [5, 5.41) is 3.19. The van der Waals surface area contributed by atoms with Gasteiger partial charge in [-0.25, -0.2) is 0 Å². The number of quaternary nitrogens is 1. The number of thiophene rings is 1. The van der Waals surface area contributed by atoms with Gasteiger partial charge in [0.05, 0.1) is 26.8 Å². The molecule has 3 rings (SSSR count). The van der Waals surface area contributed by atoms with Crippen LogP contribution in [0.5, 0.6) is 0 Å². The lowest BCUT2D eigenvalue weighted by Gasteiger charge is -2.39. The summed E-state index contributed by atoms with van der Waals surface area (Å²) in [5.41, 5.74) is 0. The SMILES string of the molecule is C[N+]1(CC[Si](O)(c2ccccc2)c2cccs2)CCOCC1. The van der Waals surface area contributed by atoms with Crippen molar-refractivity contribution in [2.45, 2.75) is 6.04 Å². The molecule has 1 aliphatic heterocycles. The van der Waals surface area contributed by atoms with Crippen molar-refractivity contribution in [1.82, 2.24) is 0 Å². The topological polar surface area (TPSA) is 29.5 Å². The average Bonchev–Trinajstić information content (AvgIpc) is 3.09. The van der Waals surface area contributed by atoms with Gasteiger partial charge in [0.1, 0.15) is 13.1 Å². The summed E-state index contributed by atoms with van der Waals surface area (Å²) >= 11 is 1.69. The number of nitrogens with zero attached hydrogens (tertiary/aromatic N) is 1.